The van der Waals surface area contributed by atoms with Crippen LogP contribution in [0.15, 0.2) is 24.3 Å². The van der Waals surface area contributed by atoms with Crippen LogP contribution < -0.4 is 10.6 Å². The van der Waals surface area contributed by atoms with Gasteiger partial charge in [-0.25, -0.2) is 9.18 Å². The minimum absolute atomic E-state index is 0.224. The van der Waals surface area contributed by atoms with Gasteiger partial charge in [-0.2, -0.15) is 0 Å². The minimum Gasteiger partial charge on any atom is -0.444 e. The van der Waals surface area contributed by atoms with Crippen molar-refractivity contribution in [1.29, 1.82) is 0 Å². The first-order valence-electron chi connectivity index (χ1n) is 8.78. The lowest BCUT2D eigenvalue weighted by Crippen LogP contribution is -2.46. The number of carbonyl (C=O) groups is 1. The number of carbonyl (C=O) groups excluding carboxylic acids is 1. The lowest BCUT2D eigenvalue weighted by Gasteiger charge is -2.32. The molecule has 1 amide bonds. The molecule has 0 spiro atoms. The summed E-state index contributed by atoms with van der Waals surface area (Å²) in [6.45, 7) is 7.11. The fourth-order valence-corrected chi connectivity index (χ4v) is 3.09. The molecule has 24 heavy (non-hydrogen) atoms. The van der Waals surface area contributed by atoms with E-state index >= 15 is 0 Å². The van der Waals surface area contributed by atoms with Crippen molar-refractivity contribution in [2.45, 2.75) is 58.1 Å². The Kier molecular flexibility index (Phi) is 6.60. The molecule has 1 aromatic rings. The summed E-state index contributed by atoms with van der Waals surface area (Å²) >= 11 is 0. The maximum atomic E-state index is 13.1. The van der Waals surface area contributed by atoms with Gasteiger partial charge in [-0.1, -0.05) is 18.6 Å². The second-order valence-electron chi connectivity index (χ2n) is 7.53. The van der Waals surface area contributed by atoms with E-state index in [1.165, 1.54) is 25.0 Å². The molecule has 2 atom stereocenters. The van der Waals surface area contributed by atoms with Crippen LogP contribution in [0.3, 0.4) is 0 Å². The number of amides is 1. The predicted octanol–water partition coefficient (Wildman–Crippen LogP) is 3.65. The molecule has 2 unspecified atom stereocenters. The molecule has 1 aliphatic rings. The molecule has 0 aromatic heterocycles. The number of hydrogen-bond acceptors (Lipinski definition) is 3. The number of ether oxygens (including phenoxy) is 1. The van der Waals surface area contributed by atoms with Crippen LogP contribution in [0, 0.1) is 11.7 Å². The Morgan fingerprint density at radius 3 is 2.62 bits per heavy atom. The third-order valence-electron chi connectivity index (χ3n) is 4.24. The number of piperidine rings is 1. The third-order valence-corrected chi connectivity index (χ3v) is 4.24. The Labute approximate surface area is 144 Å². The molecule has 0 aliphatic carbocycles. The first-order chi connectivity index (χ1) is 11.3. The summed E-state index contributed by atoms with van der Waals surface area (Å²) in [4.78, 5) is 11.9. The van der Waals surface area contributed by atoms with Crippen molar-refractivity contribution in [3.8, 4) is 0 Å². The fraction of sp³-hybridized carbons (Fsp3) is 0.632. The van der Waals surface area contributed by atoms with Crippen LogP contribution in [0.1, 0.15) is 45.6 Å². The van der Waals surface area contributed by atoms with Crippen molar-refractivity contribution in [3.05, 3.63) is 35.6 Å². The van der Waals surface area contributed by atoms with Gasteiger partial charge in [0.15, 0.2) is 0 Å². The Balaban J connectivity index is 1.97. The Bertz CT molecular complexity index is 519. The number of alkyl carbamates (subject to hydrolysis) is 1. The van der Waals surface area contributed by atoms with E-state index < -0.39 is 5.60 Å². The normalized spacial score (nSPS) is 19.6. The summed E-state index contributed by atoms with van der Waals surface area (Å²) in [5, 5.41) is 6.45. The molecule has 2 N–H and O–H groups in total. The van der Waals surface area contributed by atoms with Gasteiger partial charge in [0.2, 0.25) is 0 Å². The van der Waals surface area contributed by atoms with Crippen LogP contribution in [0.2, 0.25) is 0 Å². The molecule has 0 radical (unpaired) electrons. The van der Waals surface area contributed by atoms with Crippen LogP contribution in [0.4, 0.5) is 9.18 Å². The Morgan fingerprint density at radius 2 is 2.04 bits per heavy atom. The van der Waals surface area contributed by atoms with E-state index in [4.69, 9.17) is 4.74 Å². The summed E-state index contributed by atoms with van der Waals surface area (Å²) < 4.78 is 18.4. The molecular weight excluding hydrogens is 307 g/mol. The van der Waals surface area contributed by atoms with Gasteiger partial charge in [0.25, 0.3) is 0 Å². The molecule has 1 saturated heterocycles. The molecule has 5 heteroatoms. The average molecular weight is 336 g/mol. The van der Waals surface area contributed by atoms with E-state index in [0.29, 0.717) is 12.6 Å². The first kappa shape index (κ1) is 18.7. The summed E-state index contributed by atoms with van der Waals surface area (Å²) in [5.41, 5.74) is 0.583. The topological polar surface area (TPSA) is 50.4 Å². The summed E-state index contributed by atoms with van der Waals surface area (Å²) in [6.07, 6.45) is 3.90. The van der Waals surface area contributed by atoms with E-state index in [-0.39, 0.29) is 17.8 Å². The molecule has 1 fully saturated rings. The monoisotopic (exact) mass is 336 g/mol. The van der Waals surface area contributed by atoms with Crippen molar-refractivity contribution >= 4 is 6.09 Å². The maximum Gasteiger partial charge on any atom is 0.407 e. The number of nitrogens with one attached hydrogen (secondary N) is 2. The van der Waals surface area contributed by atoms with E-state index in [1.807, 2.05) is 32.9 Å². The second kappa shape index (κ2) is 8.47. The van der Waals surface area contributed by atoms with E-state index in [9.17, 15) is 9.18 Å². The maximum absolute atomic E-state index is 13.1. The van der Waals surface area contributed by atoms with Gasteiger partial charge in [0.05, 0.1) is 0 Å². The molecule has 1 aromatic carbocycles. The third kappa shape index (κ3) is 6.48. The zero-order chi connectivity index (χ0) is 17.6. The highest BCUT2D eigenvalue weighted by Crippen LogP contribution is 2.20. The highest BCUT2D eigenvalue weighted by atomic mass is 19.1. The van der Waals surface area contributed by atoms with Crippen LogP contribution in [-0.4, -0.2) is 30.8 Å². The van der Waals surface area contributed by atoms with Crippen LogP contribution in [-0.2, 0) is 11.2 Å². The van der Waals surface area contributed by atoms with Gasteiger partial charge in [-0.15, -0.1) is 0 Å². The van der Waals surface area contributed by atoms with Gasteiger partial charge in [0, 0.05) is 12.6 Å². The van der Waals surface area contributed by atoms with Crippen LogP contribution in [0.25, 0.3) is 0 Å². The highest BCUT2D eigenvalue weighted by molar-refractivity contribution is 5.67. The summed E-state index contributed by atoms with van der Waals surface area (Å²) in [7, 11) is 0. The van der Waals surface area contributed by atoms with Crippen molar-refractivity contribution in [1.82, 2.24) is 10.6 Å². The predicted molar refractivity (Wildman–Crippen MR) is 93.5 cm³/mol. The molecule has 2 rings (SSSR count). The quantitative estimate of drug-likeness (QED) is 0.863. The largest absolute Gasteiger partial charge is 0.444 e. The molecule has 4 nitrogen and oxygen atoms in total. The van der Waals surface area contributed by atoms with Gasteiger partial charge in [-0.05, 0) is 70.2 Å². The molecular formula is C19H29FN2O2. The van der Waals surface area contributed by atoms with Crippen molar-refractivity contribution in [3.63, 3.8) is 0 Å². The lowest BCUT2D eigenvalue weighted by molar-refractivity contribution is 0.0514. The number of benzene rings is 1. The lowest BCUT2D eigenvalue weighted by atomic mass is 9.87. The van der Waals surface area contributed by atoms with E-state index in [0.717, 1.165) is 24.9 Å². The van der Waals surface area contributed by atoms with Gasteiger partial charge in [-0.3, -0.25) is 0 Å². The fourth-order valence-electron chi connectivity index (χ4n) is 3.09. The van der Waals surface area contributed by atoms with Gasteiger partial charge < -0.3 is 15.4 Å². The molecule has 0 bridgehead atoms. The highest BCUT2D eigenvalue weighted by Gasteiger charge is 2.25. The molecule has 1 aliphatic heterocycles. The second-order valence-corrected chi connectivity index (χ2v) is 7.53. The van der Waals surface area contributed by atoms with Crippen molar-refractivity contribution < 1.29 is 13.9 Å². The molecule has 134 valence electrons. The Morgan fingerprint density at radius 1 is 1.33 bits per heavy atom. The zero-order valence-corrected chi connectivity index (χ0v) is 14.9. The Hall–Kier alpha value is -1.62. The van der Waals surface area contributed by atoms with Crippen molar-refractivity contribution in [2.24, 2.45) is 5.92 Å². The number of rotatable bonds is 5. The summed E-state index contributed by atoms with van der Waals surface area (Å²) in [5.74, 6) is 0.0289. The van der Waals surface area contributed by atoms with Gasteiger partial charge >= 0.3 is 6.09 Å². The smallest absolute Gasteiger partial charge is 0.407 e. The summed E-state index contributed by atoms with van der Waals surface area (Å²) in [6, 6.07) is 6.97. The molecule has 0 saturated carbocycles. The zero-order valence-electron chi connectivity index (χ0n) is 14.9. The standard InChI is InChI=1S/C19H29FN2O2/c1-19(2,3)24-18(23)22-13-15(17-6-4-5-11-21-17)12-14-7-9-16(20)10-8-14/h7-10,15,17,21H,4-6,11-13H2,1-3H3,(H,22,23). The van der Waals surface area contributed by atoms with Crippen LogP contribution in [0.5, 0.6) is 0 Å². The van der Waals surface area contributed by atoms with Crippen LogP contribution >= 0.6 is 0 Å². The average Bonchev–Trinajstić information content (AvgIpc) is 2.52. The first-order valence-corrected chi connectivity index (χ1v) is 8.78. The SMILES string of the molecule is CC(C)(C)OC(=O)NCC(Cc1ccc(F)cc1)C1CCCCN1. The van der Waals surface area contributed by atoms with Gasteiger partial charge in [0.1, 0.15) is 11.4 Å². The van der Waals surface area contributed by atoms with E-state index in [2.05, 4.69) is 10.6 Å². The number of hydrogen-bond donors (Lipinski definition) is 2. The number of halogens is 1. The minimum atomic E-state index is -0.500. The van der Waals surface area contributed by atoms with E-state index in [1.54, 1.807) is 0 Å². The van der Waals surface area contributed by atoms with Crippen molar-refractivity contribution in [2.75, 3.05) is 13.1 Å². The molecule has 1 heterocycles.